The van der Waals surface area contributed by atoms with Gasteiger partial charge in [-0.1, -0.05) is 19.1 Å². The van der Waals surface area contributed by atoms with E-state index in [1.807, 2.05) is 24.3 Å². The van der Waals surface area contributed by atoms with E-state index in [0.29, 0.717) is 32.0 Å². The SMILES string of the molecule is CCCOc1cccc(CC(=O)N2C[C@H](C(=O)O)[C@@H](C3CC3)C2)c1. The van der Waals surface area contributed by atoms with Crippen LogP contribution in [-0.4, -0.2) is 41.6 Å². The van der Waals surface area contributed by atoms with Gasteiger partial charge in [0, 0.05) is 13.1 Å². The number of amides is 1. The van der Waals surface area contributed by atoms with Crippen molar-refractivity contribution in [3.05, 3.63) is 29.8 Å². The van der Waals surface area contributed by atoms with Gasteiger partial charge in [-0.15, -0.1) is 0 Å². The molecular weight excluding hydrogens is 306 g/mol. The summed E-state index contributed by atoms with van der Waals surface area (Å²) < 4.78 is 5.61. The van der Waals surface area contributed by atoms with Gasteiger partial charge in [-0.2, -0.15) is 0 Å². The van der Waals surface area contributed by atoms with Crippen LogP contribution < -0.4 is 4.74 Å². The quantitative estimate of drug-likeness (QED) is 0.834. The number of hydrogen-bond donors (Lipinski definition) is 1. The van der Waals surface area contributed by atoms with Crippen molar-refractivity contribution in [1.29, 1.82) is 0 Å². The highest BCUT2D eigenvalue weighted by molar-refractivity contribution is 5.81. The van der Waals surface area contributed by atoms with Gasteiger partial charge in [0.25, 0.3) is 0 Å². The summed E-state index contributed by atoms with van der Waals surface area (Å²) in [6, 6.07) is 7.60. The largest absolute Gasteiger partial charge is 0.494 e. The summed E-state index contributed by atoms with van der Waals surface area (Å²) in [5.74, 6) is 0.248. The fraction of sp³-hybridized carbons (Fsp3) is 0.579. The Kier molecular flexibility index (Phi) is 5.07. The number of rotatable bonds is 7. The van der Waals surface area contributed by atoms with Gasteiger partial charge in [0.2, 0.25) is 5.91 Å². The molecule has 1 aromatic rings. The zero-order chi connectivity index (χ0) is 17.1. The Morgan fingerprint density at radius 3 is 2.75 bits per heavy atom. The van der Waals surface area contributed by atoms with Gasteiger partial charge in [-0.3, -0.25) is 9.59 Å². The molecule has 5 nitrogen and oxygen atoms in total. The topological polar surface area (TPSA) is 66.8 Å². The van der Waals surface area contributed by atoms with E-state index in [1.165, 1.54) is 0 Å². The summed E-state index contributed by atoms with van der Waals surface area (Å²) in [6.07, 6.45) is 3.45. The van der Waals surface area contributed by atoms with E-state index in [0.717, 1.165) is 30.6 Å². The average Bonchev–Trinajstić information content (AvgIpc) is 3.31. The van der Waals surface area contributed by atoms with E-state index in [9.17, 15) is 14.7 Å². The third-order valence-electron chi connectivity index (χ3n) is 4.99. The average molecular weight is 331 g/mol. The molecule has 24 heavy (non-hydrogen) atoms. The van der Waals surface area contributed by atoms with E-state index in [4.69, 9.17) is 4.74 Å². The first kappa shape index (κ1) is 16.8. The van der Waals surface area contributed by atoms with Crippen molar-refractivity contribution in [2.24, 2.45) is 17.8 Å². The fourth-order valence-electron chi connectivity index (χ4n) is 3.55. The molecule has 2 aliphatic rings. The Bertz CT molecular complexity index is 611. The Hall–Kier alpha value is -2.04. The molecule has 130 valence electrons. The van der Waals surface area contributed by atoms with Gasteiger partial charge < -0.3 is 14.7 Å². The highest BCUT2D eigenvalue weighted by atomic mass is 16.5. The van der Waals surface area contributed by atoms with Gasteiger partial charge >= 0.3 is 5.97 Å². The fourth-order valence-corrected chi connectivity index (χ4v) is 3.55. The number of hydrogen-bond acceptors (Lipinski definition) is 3. The van der Waals surface area contributed by atoms with Crippen LogP contribution in [0.3, 0.4) is 0 Å². The molecule has 0 aromatic heterocycles. The van der Waals surface area contributed by atoms with Crippen LogP contribution in [0.1, 0.15) is 31.7 Å². The maximum Gasteiger partial charge on any atom is 0.308 e. The van der Waals surface area contributed by atoms with E-state index < -0.39 is 11.9 Å². The number of ether oxygens (including phenoxy) is 1. The molecule has 1 saturated carbocycles. The zero-order valence-electron chi connectivity index (χ0n) is 14.1. The second kappa shape index (κ2) is 7.24. The number of nitrogens with zero attached hydrogens (tertiary/aromatic N) is 1. The van der Waals surface area contributed by atoms with Crippen molar-refractivity contribution in [1.82, 2.24) is 4.90 Å². The van der Waals surface area contributed by atoms with Crippen molar-refractivity contribution >= 4 is 11.9 Å². The zero-order valence-corrected chi connectivity index (χ0v) is 14.1. The standard InChI is InChI=1S/C19H25NO4/c1-2-8-24-15-5-3-4-13(9-15)10-18(21)20-11-16(14-6-7-14)17(12-20)19(22)23/h3-5,9,14,16-17H,2,6-8,10-12H2,1H3,(H,22,23)/t16-,17+/m1/s1. The third-order valence-corrected chi connectivity index (χ3v) is 4.99. The van der Waals surface area contributed by atoms with Crippen LogP contribution in [0.5, 0.6) is 5.75 Å². The number of aliphatic carboxylic acids is 1. The first-order valence-corrected chi connectivity index (χ1v) is 8.80. The molecule has 1 aliphatic carbocycles. The van der Waals surface area contributed by atoms with Gasteiger partial charge in [0.1, 0.15) is 5.75 Å². The minimum absolute atomic E-state index is 0.0111. The molecule has 2 fully saturated rings. The Balaban J connectivity index is 1.61. The monoisotopic (exact) mass is 331 g/mol. The van der Waals surface area contributed by atoms with Crippen molar-refractivity contribution in [2.45, 2.75) is 32.6 Å². The molecule has 3 rings (SSSR count). The third kappa shape index (κ3) is 3.89. The first-order chi connectivity index (χ1) is 11.6. The van der Waals surface area contributed by atoms with E-state index in [1.54, 1.807) is 4.90 Å². The van der Waals surface area contributed by atoms with E-state index >= 15 is 0 Å². The molecular formula is C19H25NO4. The molecule has 1 saturated heterocycles. The van der Waals surface area contributed by atoms with Crippen molar-refractivity contribution < 1.29 is 19.4 Å². The number of carboxylic acids is 1. The van der Waals surface area contributed by atoms with Gasteiger partial charge in [-0.25, -0.2) is 0 Å². The van der Waals surface area contributed by atoms with Crippen LogP contribution in [0, 0.1) is 17.8 Å². The highest BCUT2D eigenvalue weighted by Crippen LogP contribution is 2.44. The normalized spacial score (nSPS) is 23.3. The molecule has 0 unspecified atom stereocenters. The Morgan fingerprint density at radius 1 is 1.29 bits per heavy atom. The maximum absolute atomic E-state index is 12.6. The maximum atomic E-state index is 12.6. The number of carboxylic acid groups (broad SMARTS) is 1. The van der Waals surface area contributed by atoms with Gasteiger partial charge in [0.05, 0.1) is 18.9 Å². The molecule has 1 amide bonds. The van der Waals surface area contributed by atoms with Crippen molar-refractivity contribution in [3.8, 4) is 5.75 Å². The Labute approximate surface area is 142 Å². The lowest BCUT2D eigenvalue weighted by molar-refractivity contribution is -0.142. The van der Waals surface area contributed by atoms with Crippen molar-refractivity contribution in [2.75, 3.05) is 19.7 Å². The molecule has 5 heteroatoms. The molecule has 1 aliphatic heterocycles. The second-order valence-electron chi connectivity index (χ2n) is 6.92. The molecule has 1 aromatic carbocycles. The summed E-state index contributed by atoms with van der Waals surface area (Å²) in [7, 11) is 0. The number of carbonyl (C=O) groups is 2. The second-order valence-corrected chi connectivity index (χ2v) is 6.92. The first-order valence-electron chi connectivity index (χ1n) is 8.80. The van der Waals surface area contributed by atoms with E-state index in [2.05, 4.69) is 6.92 Å². The molecule has 0 spiro atoms. The van der Waals surface area contributed by atoms with E-state index in [-0.39, 0.29) is 11.8 Å². The van der Waals surface area contributed by atoms with Crippen LogP contribution in [0.4, 0.5) is 0 Å². The minimum atomic E-state index is -0.767. The van der Waals surface area contributed by atoms with Crippen molar-refractivity contribution in [3.63, 3.8) is 0 Å². The molecule has 0 bridgehead atoms. The lowest BCUT2D eigenvalue weighted by atomic mass is 9.92. The van der Waals surface area contributed by atoms with Crippen LogP contribution in [0.15, 0.2) is 24.3 Å². The number of carbonyl (C=O) groups excluding carboxylic acids is 1. The van der Waals surface area contributed by atoms with Gasteiger partial charge in [-0.05, 0) is 48.8 Å². The van der Waals surface area contributed by atoms with Crippen LogP contribution >= 0.6 is 0 Å². The summed E-state index contributed by atoms with van der Waals surface area (Å²) in [6.45, 7) is 3.65. The number of likely N-dealkylation sites (tertiary alicyclic amines) is 1. The van der Waals surface area contributed by atoms with Crippen LogP contribution in [0.2, 0.25) is 0 Å². The molecule has 1 heterocycles. The predicted octanol–water partition coefficient (Wildman–Crippen LogP) is 2.59. The Morgan fingerprint density at radius 2 is 2.08 bits per heavy atom. The lowest BCUT2D eigenvalue weighted by Crippen LogP contribution is -2.31. The van der Waals surface area contributed by atoms with Crippen LogP contribution in [0.25, 0.3) is 0 Å². The van der Waals surface area contributed by atoms with Gasteiger partial charge in [0.15, 0.2) is 0 Å². The predicted molar refractivity (Wildman–Crippen MR) is 89.9 cm³/mol. The lowest BCUT2D eigenvalue weighted by Gasteiger charge is -2.16. The molecule has 1 N–H and O–H groups in total. The molecule has 2 atom stereocenters. The summed E-state index contributed by atoms with van der Waals surface area (Å²) in [5.41, 5.74) is 0.912. The van der Waals surface area contributed by atoms with Crippen LogP contribution in [-0.2, 0) is 16.0 Å². The summed E-state index contributed by atoms with van der Waals surface area (Å²) >= 11 is 0. The molecule has 0 radical (unpaired) electrons. The smallest absolute Gasteiger partial charge is 0.308 e. The highest BCUT2D eigenvalue weighted by Gasteiger charge is 2.46. The minimum Gasteiger partial charge on any atom is -0.494 e. The summed E-state index contributed by atoms with van der Waals surface area (Å²) in [4.78, 5) is 25.8. The summed E-state index contributed by atoms with van der Waals surface area (Å²) in [5, 5.41) is 9.41. The number of benzene rings is 1.